The molecule has 0 aliphatic carbocycles. The van der Waals surface area contributed by atoms with E-state index in [2.05, 4.69) is 9.88 Å². The van der Waals surface area contributed by atoms with E-state index in [1.54, 1.807) is 6.07 Å². The number of carbonyl (C=O) groups excluding carboxylic acids is 1. The van der Waals surface area contributed by atoms with Crippen LogP contribution in [-0.2, 0) is 10.9 Å². The molecule has 0 bridgehead atoms. The van der Waals surface area contributed by atoms with Gasteiger partial charge in [-0.1, -0.05) is 29.0 Å². The van der Waals surface area contributed by atoms with Crippen LogP contribution in [0, 0.1) is 0 Å². The number of ether oxygens (including phenoxy) is 1. The second kappa shape index (κ2) is 11.0. The van der Waals surface area contributed by atoms with Gasteiger partial charge in [0, 0.05) is 31.7 Å². The van der Waals surface area contributed by atoms with Crippen molar-refractivity contribution in [2.45, 2.75) is 12.6 Å². The molecule has 11 heteroatoms. The standard InChI is InChI=1S/C22H21ClF3N3O2S.ClH/c23-17-3-1-4-18-19(17)27-21(32-18)29(10-2-9-28-11-13-31-14-12-28)20(30)15-5-7-16(8-6-15)22(24,25)26;/h1,3-8H,2,9-14H2;1H. The second-order valence-corrected chi connectivity index (χ2v) is 8.84. The maximum atomic E-state index is 13.3. The van der Waals surface area contributed by atoms with Crippen LogP contribution in [0.2, 0.25) is 5.02 Å². The lowest BCUT2D eigenvalue weighted by atomic mass is 10.1. The molecule has 2 aromatic carbocycles. The molecule has 3 aromatic rings. The predicted molar refractivity (Wildman–Crippen MR) is 127 cm³/mol. The first-order chi connectivity index (χ1) is 15.3. The van der Waals surface area contributed by atoms with Gasteiger partial charge in [-0.15, -0.1) is 12.4 Å². The Morgan fingerprint density at radius 1 is 1.15 bits per heavy atom. The highest BCUT2D eigenvalue weighted by Crippen LogP contribution is 2.34. The molecule has 178 valence electrons. The number of anilines is 1. The molecule has 1 aromatic heterocycles. The zero-order valence-electron chi connectivity index (χ0n) is 17.5. The van der Waals surface area contributed by atoms with Gasteiger partial charge in [0.1, 0.15) is 5.52 Å². The zero-order chi connectivity index (χ0) is 22.7. The van der Waals surface area contributed by atoms with E-state index < -0.39 is 17.6 Å². The molecule has 33 heavy (non-hydrogen) atoms. The molecule has 0 spiro atoms. The average molecular weight is 520 g/mol. The molecule has 1 saturated heterocycles. The Labute approximate surface area is 204 Å². The maximum Gasteiger partial charge on any atom is 0.416 e. The van der Waals surface area contributed by atoms with Crippen LogP contribution in [0.3, 0.4) is 0 Å². The number of fused-ring (bicyclic) bond motifs is 1. The van der Waals surface area contributed by atoms with Gasteiger partial charge >= 0.3 is 6.18 Å². The van der Waals surface area contributed by atoms with Crippen LogP contribution in [0.25, 0.3) is 10.2 Å². The van der Waals surface area contributed by atoms with Crippen molar-refractivity contribution in [1.29, 1.82) is 0 Å². The van der Waals surface area contributed by atoms with E-state index in [1.807, 2.05) is 12.1 Å². The molecule has 1 amide bonds. The summed E-state index contributed by atoms with van der Waals surface area (Å²) in [5.41, 5.74) is -0.0121. The molecule has 0 saturated carbocycles. The number of amides is 1. The first-order valence-electron chi connectivity index (χ1n) is 10.2. The van der Waals surface area contributed by atoms with Crippen molar-refractivity contribution in [1.82, 2.24) is 9.88 Å². The fourth-order valence-corrected chi connectivity index (χ4v) is 4.83. The Balaban J connectivity index is 0.00000306. The zero-order valence-corrected chi connectivity index (χ0v) is 19.9. The minimum atomic E-state index is -4.46. The lowest BCUT2D eigenvalue weighted by Crippen LogP contribution is -2.39. The highest BCUT2D eigenvalue weighted by molar-refractivity contribution is 7.22. The minimum absolute atomic E-state index is 0. The number of para-hydroxylation sites is 1. The molecule has 0 atom stereocenters. The SMILES string of the molecule is Cl.O=C(c1ccc(C(F)(F)F)cc1)N(CCCN1CCOCC1)c1nc2c(Cl)cccc2s1. The number of alkyl halides is 3. The van der Waals surface area contributed by atoms with E-state index in [9.17, 15) is 18.0 Å². The first-order valence-corrected chi connectivity index (χ1v) is 11.4. The molecule has 1 fully saturated rings. The molecule has 0 unspecified atom stereocenters. The Hall–Kier alpha value is -1.91. The summed E-state index contributed by atoms with van der Waals surface area (Å²) in [7, 11) is 0. The normalized spacial score (nSPS) is 14.8. The van der Waals surface area contributed by atoms with E-state index in [4.69, 9.17) is 16.3 Å². The molecule has 1 aliphatic heterocycles. The third-order valence-electron chi connectivity index (χ3n) is 5.25. The summed E-state index contributed by atoms with van der Waals surface area (Å²) in [6, 6.07) is 9.68. The van der Waals surface area contributed by atoms with E-state index in [1.165, 1.54) is 28.4 Å². The molecule has 5 nitrogen and oxygen atoms in total. The number of hydrogen-bond acceptors (Lipinski definition) is 5. The summed E-state index contributed by atoms with van der Waals surface area (Å²) in [6.45, 7) is 4.21. The summed E-state index contributed by atoms with van der Waals surface area (Å²) >= 11 is 7.59. The molecule has 2 heterocycles. The number of rotatable bonds is 6. The molecular weight excluding hydrogens is 498 g/mol. The van der Waals surface area contributed by atoms with Crippen molar-refractivity contribution in [3.8, 4) is 0 Å². The van der Waals surface area contributed by atoms with Crippen molar-refractivity contribution < 1.29 is 22.7 Å². The average Bonchev–Trinajstić information content (AvgIpc) is 3.22. The van der Waals surface area contributed by atoms with Gasteiger partial charge in [0.15, 0.2) is 5.13 Å². The Kier molecular flexibility index (Phi) is 8.58. The Morgan fingerprint density at radius 2 is 1.85 bits per heavy atom. The van der Waals surface area contributed by atoms with Crippen LogP contribution in [0.1, 0.15) is 22.3 Å². The first kappa shape index (κ1) is 25.7. The summed E-state index contributed by atoms with van der Waals surface area (Å²) in [6.07, 6.45) is -3.76. The van der Waals surface area contributed by atoms with Crippen molar-refractivity contribution in [3.63, 3.8) is 0 Å². The van der Waals surface area contributed by atoms with Gasteiger partial charge in [0.05, 0.1) is 28.5 Å². The van der Waals surface area contributed by atoms with E-state index in [0.717, 1.165) is 36.5 Å². The molecule has 0 N–H and O–H groups in total. The maximum absolute atomic E-state index is 13.3. The van der Waals surface area contributed by atoms with Crippen molar-refractivity contribution in [2.24, 2.45) is 0 Å². The number of benzene rings is 2. The van der Waals surface area contributed by atoms with Gasteiger partial charge in [-0.3, -0.25) is 14.6 Å². The van der Waals surface area contributed by atoms with Crippen LogP contribution in [-0.4, -0.2) is 55.2 Å². The number of morpholine rings is 1. The van der Waals surface area contributed by atoms with Gasteiger partial charge in [-0.05, 0) is 42.8 Å². The number of aromatic nitrogens is 1. The Bertz CT molecular complexity index is 1090. The van der Waals surface area contributed by atoms with Gasteiger partial charge in [0.25, 0.3) is 5.91 Å². The number of nitrogens with zero attached hydrogens (tertiary/aromatic N) is 3. The highest BCUT2D eigenvalue weighted by Gasteiger charge is 2.31. The summed E-state index contributed by atoms with van der Waals surface area (Å²) in [4.78, 5) is 21.6. The van der Waals surface area contributed by atoms with Crippen LogP contribution < -0.4 is 4.90 Å². The largest absolute Gasteiger partial charge is 0.416 e. The van der Waals surface area contributed by atoms with E-state index in [0.29, 0.717) is 41.9 Å². The Morgan fingerprint density at radius 3 is 2.48 bits per heavy atom. The molecule has 0 radical (unpaired) electrons. The van der Waals surface area contributed by atoms with E-state index in [-0.39, 0.29) is 18.0 Å². The highest BCUT2D eigenvalue weighted by atomic mass is 35.5. The quantitative estimate of drug-likeness (QED) is 0.415. The van der Waals surface area contributed by atoms with Crippen molar-refractivity contribution in [3.05, 3.63) is 58.6 Å². The van der Waals surface area contributed by atoms with E-state index >= 15 is 0 Å². The number of halogens is 5. The fourth-order valence-electron chi connectivity index (χ4n) is 3.54. The van der Waals surface area contributed by atoms with Crippen LogP contribution in [0.4, 0.5) is 18.3 Å². The van der Waals surface area contributed by atoms with Gasteiger partial charge in [0.2, 0.25) is 0 Å². The number of hydrogen-bond donors (Lipinski definition) is 0. The monoisotopic (exact) mass is 519 g/mol. The fraction of sp³-hybridized carbons (Fsp3) is 0.364. The van der Waals surface area contributed by atoms with Crippen LogP contribution in [0.15, 0.2) is 42.5 Å². The smallest absolute Gasteiger partial charge is 0.379 e. The van der Waals surface area contributed by atoms with Gasteiger partial charge in [-0.2, -0.15) is 13.2 Å². The number of thiazole rings is 1. The third kappa shape index (κ3) is 6.16. The summed E-state index contributed by atoms with van der Waals surface area (Å²) in [5, 5.41) is 0.959. The van der Waals surface area contributed by atoms with Gasteiger partial charge < -0.3 is 4.74 Å². The number of carbonyl (C=O) groups is 1. The lowest BCUT2D eigenvalue weighted by molar-refractivity contribution is -0.137. The van der Waals surface area contributed by atoms with Crippen molar-refractivity contribution in [2.75, 3.05) is 44.3 Å². The minimum Gasteiger partial charge on any atom is -0.379 e. The summed E-state index contributed by atoms with van der Waals surface area (Å²) < 4.78 is 44.9. The lowest BCUT2D eigenvalue weighted by Gasteiger charge is -2.27. The molecular formula is C22H22Cl2F3N3O2S. The predicted octanol–water partition coefficient (Wildman–Crippen LogP) is 5.76. The second-order valence-electron chi connectivity index (χ2n) is 7.42. The third-order valence-corrected chi connectivity index (χ3v) is 6.60. The summed E-state index contributed by atoms with van der Waals surface area (Å²) in [5.74, 6) is -0.393. The van der Waals surface area contributed by atoms with Crippen molar-refractivity contribution >= 4 is 56.6 Å². The van der Waals surface area contributed by atoms with Crippen LogP contribution >= 0.6 is 35.3 Å². The topological polar surface area (TPSA) is 45.7 Å². The van der Waals surface area contributed by atoms with Gasteiger partial charge in [-0.25, -0.2) is 4.98 Å². The molecule has 4 rings (SSSR count). The van der Waals surface area contributed by atoms with Crippen LogP contribution in [0.5, 0.6) is 0 Å². The molecule has 1 aliphatic rings.